The third-order valence-corrected chi connectivity index (χ3v) is 4.64. The van der Waals surface area contributed by atoms with Crippen LogP contribution in [0.1, 0.15) is 17.5 Å². The van der Waals surface area contributed by atoms with Gasteiger partial charge in [0.1, 0.15) is 15.7 Å². The molecule has 5 heteroatoms. The summed E-state index contributed by atoms with van der Waals surface area (Å²) >= 11 is 12.0. The first-order chi connectivity index (χ1) is 9.38. The van der Waals surface area contributed by atoms with Gasteiger partial charge in [-0.05, 0) is 38.0 Å². The molecule has 1 aromatic carbocycles. The molecule has 0 radical (unpaired) electrons. The molecular formula is C15H14Cl2O3. The average Bonchev–Trinajstić information content (AvgIpc) is 2.97. The first-order valence-electron chi connectivity index (χ1n) is 6.43. The minimum absolute atomic E-state index is 0.158. The number of fused-ring (bicyclic) bond motifs is 1. The Balaban J connectivity index is 1.93. The number of alkyl halides is 2. The number of rotatable bonds is 3. The topological polar surface area (TPSA) is 39.4 Å². The highest BCUT2D eigenvalue weighted by atomic mass is 35.5. The van der Waals surface area contributed by atoms with Gasteiger partial charge in [0.2, 0.25) is 0 Å². The number of aryl methyl sites for hydroxylation is 2. The summed E-state index contributed by atoms with van der Waals surface area (Å²) in [6, 6.07) is 5.27. The lowest BCUT2D eigenvalue weighted by atomic mass is 10.1. The van der Waals surface area contributed by atoms with Gasteiger partial charge in [0, 0.05) is 22.9 Å². The van der Waals surface area contributed by atoms with Crippen molar-refractivity contribution >= 4 is 34.2 Å². The van der Waals surface area contributed by atoms with Crippen LogP contribution in [0.3, 0.4) is 0 Å². The smallest absolute Gasteiger partial charge is 0.336 e. The predicted molar refractivity (Wildman–Crippen MR) is 80.0 cm³/mol. The Morgan fingerprint density at radius 3 is 2.75 bits per heavy atom. The summed E-state index contributed by atoms with van der Waals surface area (Å²) in [5, 5.41) is 0.921. The molecular weight excluding hydrogens is 299 g/mol. The molecule has 0 amide bonds. The van der Waals surface area contributed by atoms with Crippen LogP contribution in [0, 0.1) is 19.8 Å². The standard InChI is InChI=1S/C15H14Cl2O3/c1-8-5-13(18)20-14-9(2)12(4-3-11(8)14)19-7-10-6-15(10,16)17/h3-5,10H,6-7H2,1-2H3. The average molecular weight is 313 g/mol. The van der Waals surface area contributed by atoms with Crippen LogP contribution >= 0.6 is 23.2 Å². The van der Waals surface area contributed by atoms with Gasteiger partial charge in [0.05, 0.1) is 6.61 Å². The highest BCUT2D eigenvalue weighted by molar-refractivity contribution is 6.50. The van der Waals surface area contributed by atoms with Crippen molar-refractivity contribution in [1.82, 2.24) is 0 Å². The van der Waals surface area contributed by atoms with Gasteiger partial charge in [-0.25, -0.2) is 4.79 Å². The molecule has 0 N–H and O–H groups in total. The Hall–Kier alpha value is -1.19. The summed E-state index contributed by atoms with van der Waals surface area (Å²) in [6.45, 7) is 4.23. The van der Waals surface area contributed by atoms with E-state index in [1.807, 2.05) is 26.0 Å². The largest absolute Gasteiger partial charge is 0.493 e. The second-order valence-electron chi connectivity index (χ2n) is 5.29. The fourth-order valence-corrected chi connectivity index (χ4v) is 2.80. The van der Waals surface area contributed by atoms with Crippen molar-refractivity contribution in [2.45, 2.75) is 24.6 Å². The maximum Gasteiger partial charge on any atom is 0.336 e. The predicted octanol–water partition coefficient (Wildman–Crippen LogP) is 3.98. The molecule has 1 saturated carbocycles. The Morgan fingerprint density at radius 1 is 1.40 bits per heavy atom. The van der Waals surface area contributed by atoms with E-state index in [9.17, 15) is 4.79 Å². The number of benzene rings is 1. The van der Waals surface area contributed by atoms with Crippen molar-refractivity contribution in [2.24, 2.45) is 5.92 Å². The summed E-state index contributed by atoms with van der Waals surface area (Å²) in [5.41, 5.74) is 1.94. The summed E-state index contributed by atoms with van der Waals surface area (Å²) in [4.78, 5) is 11.5. The van der Waals surface area contributed by atoms with Gasteiger partial charge in [-0.3, -0.25) is 0 Å². The Morgan fingerprint density at radius 2 is 2.10 bits per heavy atom. The van der Waals surface area contributed by atoms with Crippen molar-refractivity contribution in [2.75, 3.05) is 6.61 Å². The second kappa shape index (κ2) is 4.68. The molecule has 0 saturated heterocycles. The third kappa shape index (κ3) is 2.40. The zero-order valence-corrected chi connectivity index (χ0v) is 12.7. The zero-order chi connectivity index (χ0) is 14.5. The fraction of sp³-hybridized carbons (Fsp3) is 0.400. The van der Waals surface area contributed by atoms with Crippen molar-refractivity contribution in [1.29, 1.82) is 0 Å². The van der Waals surface area contributed by atoms with E-state index in [4.69, 9.17) is 32.4 Å². The molecule has 1 aliphatic rings. The molecule has 0 spiro atoms. The lowest BCUT2D eigenvalue weighted by molar-refractivity contribution is 0.296. The van der Waals surface area contributed by atoms with Crippen LogP contribution < -0.4 is 10.4 Å². The van der Waals surface area contributed by atoms with E-state index in [1.54, 1.807) is 0 Å². The number of hydrogen-bond donors (Lipinski definition) is 0. The maximum atomic E-state index is 11.5. The van der Waals surface area contributed by atoms with Gasteiger partial charge < -0.3 is 9.15 Å². The number of ether oxygens (including phenoxy) is 1. The first-order valence-corrected chi connectivity index (χ1v) is 7.19. The van der Waals surface area contributed by atoms with Crippen LogP contribution in [-0.4, -0.2) is 10.9 Å². The molecule has 1 atom stereocenters. The van der Waals surface area contributed by atoms with E-state index in [0.717, 1.165) is 22.9 Å². The molecule has 106 valence electrons. The minimum Gasteiger partial charge on any atom is -0.493 e. The van der Waals surface area contributed by atoms with E-state index < -0.39 is 4.33 Å². The van der Waals surface area contributed by atoms with Crippen molar-refractivity contribution < 1.29 is 9.15 Å². The van der Waals surface area contributed by atoms with Crippen LogP contribution in [0.15, 0.2) is 27.4 Å². The van der Waals surface area contributed by atoms with Gasteiger partial charge >= 0.3 is 5.63 Å². The van der Waals surface area contributed by atoms with Crippen LogP contribution in [-0.2, 0) is 0 Å². The minimum atomic E-state index is -0.645. The molecule has 0 aliphatic heterocycles. The normalized spacial score (nSPS) is 20.1. The summed E-state index contributed by atoms with van der Waals surface area (Å²) in [6.07, 6.45) is 0.747. The molecule has 1 aliphatic carbocycles. The van der Waals surface area contributed by atoms with E-state index in [2.05, 4.69) is 0 Å². The monoisotopic (exact) mass is 312 g/mol. The van der Waals surface area contributed by atoms with E-state index in [-0.39, 0.29) is 11.5 Å². The fourth-order valence-electron chi connectivity index (χ4n) is 2.30. The summed E-state index contributed by atoms with van der Waals surface area (Å²) < 4.78 is 10.4. The lowest BCUT2D eigenvalue weighted by Gasteiger charge is -2.11. The molecule has 2 aromatic rings. The Bertz CT molecular complexity index is 734. The van der Waals surface area contributed by atoms with Gasteiger partial charge in [0.25, 0.3) is 0 Å². The van der Waals surface area contributed by atoms with Gasteiger partial charge in [-0.15, -0.1) is 23.2 Å². The number of halogens is 2. The number of hydrogen-bond acceptors (Lipinski definition) is 3. The van der Waals surface area contributed by atoms with Crippen molar-refractivity contribution in [3.8, 4) is 5.75 Å². The highest BCUT2D eigenvalue weighted by Gasteiger charge is 2.52. The second-order valence-corrected chi connectivity index (χ2v) is 6.83. The Kier molecular flexibility index (Phi) is 3.22. The molecule has 20 heavy (non-hydrogen) atoms. The van der Waals surface area contributed by atoms with Crippen molar-refractivity contribution in [3.63, 3.8) is 0 Å². The van der Waals surface area contributed by atoms with Crippen LogP contribution in [0.5, 0.6) is 5.75 Å². The van der Waals surface area contributed by atoms with E-state index in [1.165, 1.54) is 6.07 Å². The summed E-state index contributed by atoms with van der Waals surface area (Å²) in [7, 11) is 0. The van der Waals surface area contributed by atoms with Crippen LogP contribution in [0.2, 0.25) is 0 Å². The van der Waals surface area contributed by atoms with Crippen LogP contribution in [0.4, 0.5) is 0 Å². The molecule has 1 fully saturated rings. The van der Waals surface area contributed by atoms with E-state index >= 15 is 0 Å². The molecule has 3 nitrogen and oxygen atoms in total. The lowest BCUT2D eigenvalue weighted by Crippen LogP contribution is -2.06. The zero-order valence-electron chi connectivity index (χ0n) is 11.2. The SMILES string of the molecule is Cc1cc(=O)oc2c(C)c(OCC3CC3(Cl)Cl)ccc12. The molecule has 1 heterocycles. The van der Waals surface area contributed by atoms with Gasteiger partial charge in [-0.2, -0.15) is 0 Å². The molecule has 1 aromatic heterocycles. The van der Waals surface area contributed by atoms with Crippen LogP contribution in [0.25, 0.3) is 11.0 Å². The first kappa shape index (κ1) is 13.8. The molecule has 1 unspecified atom stereocenters. The van der Waals surface area contributed by atoms with E-state index in [0.29, 0.717) is 17.9 Å². The maximum absolute atomic E-state index is 11.5. The highest BCUT2D eigenvalue weighted by Crippen LogP contribution is 2.53. The molecule has 0 bridgehead atoms. The molecule has 3 rings (SSSR count). The summed E-state index contributed by atoms with van der Waals surface area (Å²) in [5.74, 6) is 0.854. The third-order valence-electron chi connectivity index (χ3n) is 3.71. The van der Waals surface area contributed by atoms with Gasteiger partial charge in [-0.1, -0.05) is 0 Å². The van der Waals surface area contributed by atoms with Crippen molar-refractivity contribution in [3.05, 3.63) is 39.7 Å². The quantitative estimate of drug-likeness (QED) is 0.635. The Labute approximate surface area is 126 Å². The van der Waals surface area contributed by atoms with Gasteiger partial charge in [0.15, 0.2) is 0 Å².